The van der Waals surface area contributed by atoms with E-state index in [4.69, 9.17) is 5.11 Å². The Morgan fingerprint density at radius 2 is 2.46 bits per heavy atom. The van der Waals surface area contributed by atoms with Gasteiger partial charge < -0.3 is 10.2 Å². The van der Waals surface area contributed by atoms with Crippen molar-refractivity contribution in [3.63, 3.8) is 0 Å². The minimum atomic E-state index is -1.02. The van der Waals surface area contributed by atoms with Crippen molar-refractivity contribution in [2.45, 2.75) is 26.0 Å². The van der Waals surface area contributed by atoms with Gasteiger partial charge in [-0.05, 0) is 6.92 Å². The number of nitrogens with zero attached hydrogens (tertiary/aromatic N) is 2. The monoisotopic (exact) mass is 184 g/mol. The molecule has 0 unspecified atom stereocenters. The summed E-state index contributed by atoms with van der Waals surface area (Å²) >= 11 is 0. The van der Waals surface area contributed by atoms with Crippen LogP contribution in [0.5, 0.6) is 0 Å². The molecule has 1 rings (SSSR count). The summed E-state index contributed by atoms with van der Waals surface area (Å²) in [5.41, 5.74) is 0.546. The number of aliphatic hydroxyl groups is 1. The maximum absolute atomic E-state index is 10.3. The highest BCUT2D eigenvalue weighted by Gasteiger charge is 2.13. The molecular formula is C8H12N2O3. The van der Waals surface area contributed by atoms with Gasteiger partial charge in [0.1, 0.15) is 0 Å². The first-order valence-corrected chi connectivity index (χ1v) is 4.05. The van der Waals surface area contributed by atoms with Gasteiger partial charge in [-0.2, -0.15) is 5.10 Å². The normalized spacial score (nSPS) is 12.8. The zero-order valence-electron chi connectivity index (χ0n) is 7.34. The predicted octanol–water partition coefficient (Wildman–Crippen LogP) is 0.411. The fourth-order valence-corrected chi connectivity index (χ4v) is 1.01. The van der Waals surface area contributed by atoms with E-state index < -0.39 is 12.1 Å². The van der Waals surface area contributed by atoms with Crippen LogP contribution >= 0.6 is 0 Å². The predicted molar refractivity (Wildman–Crippen MR) is 45.1 cm³/mol. The molecule has 1 aromatic rings. The summed E-state index contributed by atoms with van der Waals surface area (Å²) in [4.78, 5) is 10.3. The molecule has 5 nitrogen and oxygen atoms in total. The lowest BCUT2D eigenvalue weighted by molar-refractivity contribution is -0.139. The second kappa shape index (κ2) is 4.04. The third-order valence-electron chi connectivity index (χ3n) is 1.73. The third kappa shape index (κ3) is 2.55. The molecule has 0 bridgehead atoms. The first kappa shape index (κ1) is 9.73. The number of carbonyl (C=O) groups is 1. The number of hydrogen-bond acceptors (Lipinski definition) is 3. The van der Waals surface area contributed by atoms with Crippen molar-refractivity contribution in [2.75, 3.05) is 0 Å². The molecule has 0 amide bonds. The number of aliphatic carboxylic acids is 1. The molecule has 0 aromatic carbocycles. The van der Waals surface area contributed by atoms with Crippen LogP contribution in [0.15, 0.2) is 12.4 Å². The van der Waals surface area contributed by atoms with E-state index in [1.807, 2.05) is 6.92 Å². The van der Waals surface area contributed by atoms with Crippen molar-refractivity contribution in [2.24, 2.45) is 0 Å². The lowest BCUT2D eigenvalue weighted by atomic mass is 10.1. The van der Waals surface area contributed by atoms with Gasteiger partial charge in [-0.1, -0.05) is 0 Å². The van der Waals surface area contributed by atoms with Crippen molar-refractivity contribution in [3.8, 4) is 0 Å². The standard InChI is InChI=1S/C8H12N2O3/c1-2-10-5-6(4-9-10)7(11)3-8(12)13/h4-5,7,11H,2-3H2,1H3,(H,12,13)/t7-/m0/s1. The molecule has 1 aromatic heterocycles. The number of aliphatic hydroxyl groups excluding tert-OH is 1. The summed E-state index contributed by atoms with van der Waals surface area (Å²) in [6.45, 7) is 2.63. The van der Waals surface area contributed by atoms with Crippen LogP contribution in [-0.2, 0) is 11.3 Å². The quantitative estimate of drug-likeness (QED) is 0.710. The Hall–Kier alpha value is -1.36. The fourth-order valence-electron chi connectivity index (χ4n) is 1.01. The Morgan fingerprint density at radius 1 is 1.77 bits per heavy atom. The molecule has 72 valence electrons. The van der Waals surface area contributed by atoms with Gasteiger partial charge in [-0.3, -0.25) is 9.48 Å². The Kier molecular flexibility index (Phi) is 3.02. The van der Waals surface area contributed by atoms with Crippen molar-refractivity contribution in [1.82, 2.24) is 9.78 Å². The number of hydrogen-bond donors (Lipinski definition) is 2. The van der Waals surface area contributed by atoms with Crippen molar-refractivity contribution in [3.05, 3.63) is 18.0 Å². The van der Waals surface area contributed by atoms with Gasteiger partial charge in [0.15, 0.2) is 0 Å². The first-order valence-electron chi connectivity index (χ1n) is 4.05. The summed E-state index contributed by atoms with van der Waals surface area (Å²) in [7, 11) is 0. The summed E-state index contributed by atoms with van der Waals surface area (Å²) in [5.74, 6) is -1.02. The van der Waals surface area contributed by atoms with Crippen molar-refractivity contribution < 1.29 is 15.0 Å². The van der Waals surface area contributed by atoms with Crippen molar-refractivity contribution in [1.29, 1.82) is 0 Å². The zero-order chi connectivity index (χ0) is 9.84. The van der Waals surface area contributed by atoms with Crippen LogP contribution in [0, 0.1) is 0 Å². The maximum Gasteiger partial charge on any atom is 0.306 e. The minimum absolute atomic E-state index is 0.282. The molecule has 0 radical (unpaired) electrons. The first-order chi connectivity index (χ1) is 6.13. The number of aryl methyl sites for hydroxylation is 1. The van der Waals surface area contributed by atoms with Crippen LogP contribution < -0.4 is 0 Å². The van der Waals surface area contributed by atoms with E-state index in [0.29, 0.717) is 12.1 Å². The molecule has 13 heavy (non-hydrogen) atoms. The maximum atomic E-state index is 10.3. The largest absolute Gasteiger partial charge is 0.481 e. The Labute approximate surface area is 75.6 Å². The molecule has 0 aliphatic heterocycles. The molecule has 0 saturated carbocycles. The topological polar surface area (TPSA) is 75.4 Å². The van der Waals surface area contributed by atoms with E-state index in [1.54, 1.807) is 10.9 Å². The van der Waals surface area contributed by atoms with E-state index in [-0.39, 0.29) is 6.42 Å². The van der Waals surface area contributed by atoms with E-state index >= 15 is 0 Å². The molecule has 0 fully saturated rings. The fraction of sp³-hybridized carbons (Fsp3) is 0.500. The van der Waals surface area contributed by atoms with Crippen LogP contribution in [0.3, 0.4) is 0 Å². The second-order valence-corrected chi connectivity index (χ2v) is 2.74. The molecule has 2 N–H and O–H groups in total. The van der Waals surface area contributed by atoms with Crippen LogP contribution in [0.2, 0.25) is 0 Å². The number of carboxylic acid groups (broad SMARTS) is 1. The summed E-state index contributed by atoms with van der Waals surface area (Å²) in [6.07, 6.45) is 1.89. The van der Waals surface area contributed by atoms with Crippen molar-refractivity contribution >= 4 is 5.97 Å². The molecule has 0 aliphatic rings. The van der Waals surface area contributed by atoms with E-state index in [1.165, 1.54) is 6.20 Å². The van der Waals surface area contributed by atoms with E-state index in [2.05, 4.69) is 5.10 Å². The lowest BCUT2D eigenvalue weighted by Crippen LogP contribution is -2.04. The molecule has 1 heterocycles. The van der Waals surface area contributed by atoms with E-state index in [0.717, 1.165) is 0 Å². The Morgan fingerprint density at radius 3 is 2.92 bits per heavy atom. The molecule has 1 atom stereocenters. The van der Waals surface area contributed by atoms with Gasteiger partial charge >= 0.3 is 5.97 Å². The molecular weight excluding hydrogens is 172 g/mol. The van der Waals surface area contributed by atoms with E-state index in [9.17, 15) is 9.90 Å². The van der Waals surface area contributed by atoms with Gasteiger partial charge in [0.25, 0.3) is 0 Å². The highest BCUT2D eigenvalue weighted by Crippen LogP contribution is 2.14. The average molecular weight is 184 g/mol. The number of rotatable bonds is 4. The third-order valence-corrected chi connectivity index (χ3v) is 1.73. The SMILES string of the molecule is CCn1cc([C@@H](O)CC(=O)O)cn1. The van der Waals surface area contributed by atoms with Gasteiger partial charge in [-0.15, -0.1) is 0 Å². The average Bonchev–Trinajstić information content (AvgIpc) is 2.50. The molecule has 0 saturated heterocycles. The van der Waals surface area contributed by atoms with Gasteiger partial charge in [0, 0.05) is 18.3 Å². The highest BCUT2D eigenvalue weighted by molar-refractivity contribution is 5.67. The Balaban J connectivity index is 2.65. The molecule has 5 heteroatoms. The van der Waals surface area contributed by atoms with Gasteiger partial charge in [-0.25, -0.2) is 0 Å². The second-order valence-electron chi connectivity index (χ2n) is 2.74. The van der Waals surface area contributed by atoms with Gasteiger partial charge in [0.05, 0.1) is 18.7 Å². The summed E-state index contributed by atoms with van der Waals surface area (Å²) < 4.78 is 1.64. The number of carboxylic acids is 1. The van der Waals surface area contributed by atoms with Crippen LogP contribution in [0.1, 0.15) is 25.0 Å². The van der Waals surface area contributed by atoms with Gasteiger partial charge in [0.2, 0.25) is 0 Å². The highest BCUT2D eigenvalue weighted by atomic mass is 16.4. The molecule has 0 aliphatic carbocycles. The number of aromatic nitrogens is 2. The van der Waals surface area contributed by atoms with Crippen LogP contribution in [-0.4, -0.2) is 26.0 Å². The zero-order valence-corrected chi connectivity index (χ0v) is 7.34. The van der Waals surface area contributed by atoms with Crippen LogP contribution in [0.25, 0.3) is 0 Å². The summed E-state index contributed by atoms with van der Waals surface area (Å²) in [6, 6.07) is 0. The molecule has 0 spiro atoms. The smallest absolute Gasteiger partial charge is 0.306 e. The lowest BCUT2D eigenvalue weighted by Gasteiger charge is -2.03. The van der Waals surface area contributed by atoms with Crippen LogP contribution in [0.4, 0.5) is 0 Å². The Bertz CT molecular complexity index is 295. The minimum Gasteiger partial charge on any atom is -0.481 e. The summed E-state index contributed by atoms with van der Waals surface area (Å²) in [5, 5.41) is 21.7.